The fourth-order valence-corrected chi connectivity index (χ4v) is 8.13. The van der Waals surface area contributed by atoms with Crippen molar-refractivity contribution in [2.75, 3.05) is 0 Å². The third-order valence-corrected chi connectivity index (χ3v) is 12.8. The van der Waals surface area contributed by atoms with Gasteiger partial charge in [-0.15, -0.1) is 0 Å². The van der Waals surface area contributed by atoms with Gasteiger partial charge in [-0.25, -0.2) is 4.79 Å². The predicted octanol–water partition coefficient (Wildman–Crippen LogP) is 0.225. The zero-order chi connectivity index (χ0) is 60.8. The Labute approximate surface area is 469 Å². The molecule has 446 valence electrons. The maximum absolute atomic E-state index is 14.4. The van der Waals surface area contributed by atoms with E-state index in [1.165, 1.54) is 31.2 Å². The van der Waals surface area contributed by atoms with Gasteiger partial charge in [0.15, 0.2) is 0 Å². The number of phenolic OH excluding ortho intramolecular Hbond substituents is 1. The number of aliphatic carboxylic acids is 3. The van der Waals surface area contributed by atoms with Crippen LogP contribution in [-0.4, -0.2) is 157 Å². The topological polar surface area (TPSA) is 419 Å². The van der Waals surface area contributed by atoms with Crippen molar-refractivity contribution >= 4 is 77.2 Å². The summed E-state index contributed by atoms with van der Waals surface area (Å²) in [6.07, 6.45) is -2.27. The average Bonchev–Trinajstić information content (AvgIpc) is 3.43. The Balaban J connectivity index is 2.46. The molecule has 0 bridgehead atoms. The molecule has 0 aliphatic heterocycles. The van der Waals surface area contributed by atoms with E-state index in [0.717, 1.165) is 19.8 Å². The van der Waals surface area contributed by atoms with Gasteiger partial charge < -0.3 is 72.9 Å². The third-order valence-electron chi connectivity index (χ3n) is 12.8. The summed E-state index contributed by atoms with van der Waals surface area (Å²) < 4.78 is 0. The molecule has 0 saturated heterocycles. The first-order valence-electron chi connectivity index (χ1n) is 26.8. The molecule has 2 rings (SSSR count). The van der Waals surface area contributed by atoms with Gasteiger partial charge in [0.1, 0.15) is 66.2 Å². The normalized spacial score (nSPS) is 14.6. The Morgan fingerprint density at radius 3 is 1.42 bits per heavy atom. The number of benzene rings is 2. The molecule has 8 amide bonds. The summed E-state index contributed by atoms with van der Waals surface area (Å²) in [5, 5.41) is 68.5. The molecule has 13 N–H and O–H groups in total. The molecule has 10 unspecified atom stereocenters. The van der Waals surface area contributed by atoms with Gasteiger partial charge in [0.25, 0.3) is 0 Å². The maximum Gasteiger partial charge on any atom is 0.326 e. The number of ketones is 1. The SMILES string of the molecule is CCCCCC(NC(=O)C(Cc1ccccc1)NC(=O)C(CC=O)NC(=O)C(CC(C)=O)NC(=O)C(C)CCCC)C(=O)NC(C(=O)NC(CCC(=O)O)C(=O)NC(CCC(=O)O)C(=O)NC(Cc1ccc(O)cc1)C(=O)O)C(C)O. The van der Waals surface area contributed by atoms with Gasteiger partial charge in [0.2, 0.25) is 47.3 Å². The van der Waals surface area contributed by atoms with E-state index in [-0.39, 0.29) is 25.0 Å². The lowest BCUT2D eigenvalue weighted by atomic mass is 10.0. The number of carbonyl (C=O) groups is 13. The molecular formula is C55H78N8O18. The molecule has 26 nitrogen and oxygen atoms in total. The van der Waals surface area contributed by atoms with Crippen molar-refractivity contribution in [1.82, 2.24) is 42.5 Å². The number of aromatic hydroxyl groups is 1. The van der Waals surface area contributed by atoms with Crippen LogP contribution >= 0.6 is 0 Å². The first-order chi connectivity index (χ1) is 38.3. The number of Topliss-reactive ketones (excluding diaryl/α,β-unsaturated/α-hetero) is 1. The number of aliphatic hydroxyl groups is 1. The highest BCUT2D eigenvalue weighted by Gasteiger charge is 2.37. The first-order valence-corrected chi connectivity index (χ1v) is 26.8. The smallest absolute Gasteiger partial charge is 0.326 e. The van der Waals surface area contributed by atoms with Crippen LogP contribution in [0.2, 0.25) is 0 Å². The van der Waals surface area contributed by atoms with Crippen molar-refractivity contribution in [3.05, 3.63) is 65.7 Å². The summed E-state index contributed by atoms with van der Waals surface area (Å²) in [7, 11) is 0. The Bertz CT molecular complexity index is 2480. The van der Waals surface area contributed by atoms with E-state index in [1.54, 1.807) is 37.3 Å². The number of carboxylic acid groups (broad SMARTS) is 3. The van der Waals surface area contributed by atoms with Crippen LogP contribution in [0.15, 0.2) is 54.6 Å². The van der Waals surface area contributed by atoms with E-state index in [2.05, 4.69) is 42.5 Å². The van der Waals surface area contributed by atoms with E-state index in [9.17, 15) is 87.9 Å². The first kappa shape index (κ1) is 68.8. The fraction of sp³-hybridized carbons (Fsp3) is 0.545. The van der Waals surface area contributed by atoms with Crippen molar-refractivity contribution < 1.29 is 87.9 Å². The van der Waals surface area contributed by atoms with Crippen LogP contribution in [0.1, 0.15) is 129 Å². The summed E-state index contributed by atoms with van der Waals surface area (Å²) in [6, 6.07) is 0.410. The molecule has 0 spiro atoms. The number of amides is 8. The van der Waals surface area contributed by atoms with Crippen LogP contribution in [-0.2, 0) is 75.2 Å². The molecule has 0 heterocycles. The number of hydrogen-bond acceptors (Lipinski definition) is 15. The number of phenols is 1. The predicted molar refractivity (Wildman–Crippen MR) is 289 cm³/mol. The highest BCUT2D eigenvalue weighted by molar-refractivity contribution is 5.99. The van der Waals surface area contributed by atoms with Crippen molar-refractivity contribution in [3.63, 3.8) is 0 Å². The number of rotatable bonds is 39. The number of unbranched alkanes of at least 4 members (excludes halogenated alkanes) is 3. The Kier molecular flexibility index (Phi) is 30.6. The number of aliphatic hydroxyl groups excluding tert-OH is 1. The third kappa shape index (κ3) is 26.0. The Morgan fingerprint density at radius 1 is 0.481 bits per heavy atom. The van der Waals surface area contributed by atoms with Gasteiger partial charge in [-0.2, -0.15) is 0 Å². The number of hydrogen-bond donors (Lipinski definition) is 13. The number of carboxylic acids is 3. The minimum Gasteiger partial charge on any atom is -0.508 e. The lowest BCUT2D eigenvalue weighted by Crippen LogP contribution is -2.62. The summed E-state index contributed by atoms with van der Waals surface area (Å²) in [6.45, 7) is 7.75. The molecule has 0 radical (unpaired) electrons. The highest BCUT2D eigenvalue weighted by atomic mass is 16.4. The summed E-state index contributed by atoms with van der Waals surface area (Å²) in [4.78, 5) is 170. The van der Waals surface area contributed by atoms with Crippen molar-refractivity contribution in [3.8, 4) is 5.75 Å². The number of nitrogens with one attached hydrogen (secondary N) is 8. The van der Waals surface area contributed by atoms with Gasteiger partial charge in [-0.1, -0.05) is 95.3 Å². The summed E-state index contributed by atoms with van der Waals surface area (Å²) in [5.41, 5.74) is 0.881. The van der Waals surface area contributed by atoms with Crippen molar-refractivity contribution in [1.29, 1.82) is 0 Å². The number of aldehydes is 1. The second kappa shape index (κ2) is 36.1. The van der Waals surface area contributed by atoms with Gasteiger partial charge in [-0.05, 0) is 62.8 Å². The van der Waals surface area contributed by atoms with Gasteiger partial charge in [-0.3, -0.25) is 52.7 Å². The Hall–Kier alpha value is -8.29. The van der Waals surface area contributed by atoms with Crippen LogP contribution in [0.5, 0.6) is 5.75 Å². The second-order valence-corrected chi connectivity index (χ2v) is 19.8. The van der Waals surface area contributed by atoms with Crippen LogP contribution in [0, 0.1) is 5.92 Å². The van der Waals surface area contributed by atoms with Crippen LogP contribution in [0.3, 0.4) is 0 Å². The van der Waals surface area contributed by atoms with E-state index in [4.69, 9.17) is 0 Å². The highest BCUT2D eigenvalue weighted by Crippen LogP contribution is 2.15. The van der Waals surface area contributed by atoms with E-state index in [1.807, 2.05) is 13.8 Å². The minimum absolute atomic E-state index is 0.0726. The molecule has 0 aliphatic carbocycles. The molecule has 2 aromatic rings. The molecular weight excluding hydrogens is 1060 g/mol. The van der Waals surface area contributed by atoms with Crippen molar-refractivity contribution in [2.45, 2.75) is 185 Å². The fourth-order valence-electron chi connectivity index (χ4n) is 8.13. The summed E-state index contributed by atoms with van der Waals surface area (Å²) in [5.74, 6) is -13.6. The lowest BCUT2D eigenvalue weighted by Gasteiger charge is -2.29. The molecule has 10 atom stereocenters. The van der Waals surface area contributed by atoms with Crippen LogP contribution in [0.25, 0.3) is 0 Å². The molecule has 26 heteroatoms. The quantitative estimate of drug-likeness (QED) is 0.0315. The Morgan fingerprint density at radius 2 is 0.914 bits per heavy atom. The molecule has 0 aliphatic rings. The monoisotopic (exact) mass is 1140 g/mol. The summed E-state index contributed by atoms with van der Waals surface area (Å²) >= 11 is 0. The molecule has 2 aromatic carbocycles. The van der Waals surface area contributed by atoms with Crippen molar-refractivity contribution in [2.24, 2.45) is 5.92 Å². The lowest BCUT2D eigenvalue weighted by molar-refractivity contribution is -0.143. The van der Waals surface area contributed by atoms with Gasteiger partial charge in [0.05, 0.1) is 6.10 Å². The molecule has 0 fully saturated rings. The zero-order valence-electron chi connectivity index (χ0n) is 46.2. The molecule has 0 aromatic heterocycles. The maximum atomic E-state index is 14.4. The second-order valence-electron chi connectivity index (χ2n) is 19.8. The molecule has 81 heavy (non-hydrogen) atoms. The van der Waals surface area contributed by atoms with E-state index in [0.29, 0.717) is 43.1 Å². The van der Waals surface area contributed by atoms with Crippen LogP contribution in [0.4, 0.5) is 0 Å². The van der Waals surface area contributed by atoms with Gasteiger partial charge >= 0.3 is 17.9 Å². The van der Waals surface area contributed by atoms with Crippen LogP contribution < -0.4 is 42.5 Å². The van der Waals surface area contributed by atoms with E-state index >= 15 is 0 Å². The standard InChI is InChI=1S/C55H78N8O18/c1-6-8-11-17-37(56-53(78)42(29-34-15-12-10-13-16-34)61-50(75)40(26-27-64)58-52(77)41(28-32(4)65)60-47(72)31(3)14-9-7-2)51(76)63-46(33(5)66)54(79)59-39(23-25-45(70)71)48(73)57-38(22-24-44(68)69)49(74)62-43(55(80)81)30-35-18-20-36(67)21-19-35/h10,12-13,15-16,18-21,27,31,33,37-43,46,66-67H,6-9,11,14,17,22-26,28-30H2,1-5H3,(H,56,78)(H,57,73)(H,58,77)(H,59,79)(H,60,72)(H,61,75)(H,62,74)(H,63,76)(H,68,69)(H,70,71)(H,80,81). The van der Waals surface area contributed by atoms with Gasteiger partial charge in [0, 0.05) is 44.4 Å². The molecule has 0 saturated carbocycles. The largest absolute Gasteiger partial charge is 0.508 e. The number of carbonyl (C=O) groups excluding carboxylic acids is 10. The minimum atomic E-state index is -1.92. The van der Waals surface area contributed by atoms with E-state index < -0.39 is 170 Å². The average molecular weight is 1140 g/mol. The zero-order valence-corrected chi connectivity index (χ0v) is 46.2.